The van der Waals surface area contributed by atoms with Gasteiger partial charge in [-0.3, -0.25) is 4.79 Å². The summed E-state index contributed by atoms with van der Waals surface area (Å²) >= 11 is 0. The predicted molar refractivity (Wildman–Crippen MR) is 102 cm³/mol. The summed E-state index contributed by atoms with van der Waals surface area (Å²) in [5, 5.41) is 0. The largest absolute Gasteiger partial charge is 0.489 e. The molecule has 3 heteroatoms. The molecule has 0 spiro atoms. The van der Waals surface area contributed by atoms with Crippen molar-refractivity contribution in [1.29, 1.82) is 0 Å². The summed E-state index contributed by atoms with van der Waals surface area (Å²) in [6, 6.07) is 25.8. The van der Waals surface area contributed by atoms with Crippen molar-refractivity contribution in [3.63, 3.8) is 0 Å². The lowest BCUT2D eigenvalue weighted by Crippen LogP contribution is -2.35. The first kappa shape index (κ1) is 16.4. The van der Waals surface area contributed by atoms with Crippen molar-refractivity contribution >= 4 is 5.91 Å². The van der Waals surface area contributed by atoms with E-state index in [0.717, 1.165) is 24.3 Å². The smallest absolute Gasteiger partial charge is 0.254 e. The Bertz CT molecular complexity index is 888. The zero-order valence-corrected chi connectivity index (χ0v) is 14.6. The van der Waals surface area contributed by atoms with E-state index in [4.69, 9.17) is 4.74 Å². The molecule has 0 fully saturated rings. The molecule has 1 aliphatic rings. The van der Waals surface area contributed by atoms with E-state index in [0.29, 0.717) is 18.7 Å². The second-order valence-corrected chi connectivity index (χ2v) is 6.54. The van der Waals surface area contributed by atoms with E-state index in [9.17, 15) is 4.79 Å². The number of benzene rings is 3. The summed E-state index contributed by atoms with van der Waals surface area (Å²) < 4.78 is 5.79. The summed E-state index contributed by atoms with van der Waals surface area (Å²) in [5.74, 6) is 0.850. The highest BCUT2D eigenvalue weighted by atomic mass is 16.5. The maximum absolute atomic E-state index is 12.8. The minimum absolute atomic E-state index is 0.0779. The molecule has 0 unspecified atom stereocenters. The van der Waals surface area contributed by atoms with Crippen LogP contribution in [0.5, 0.6) is 5.75 Å². The van der Waals surface area contributed by atoms with Crippen LogP contribution in [0.3, 0.4) is 0 Å². The molecule has 4 rings (SSSR count). The summed E-state index contributed by atoms with van der Waals surface area (Å²) in [7, 11) is 0. The van der Waals surface area contributed by atoms with Gasteiger partial charge in [0.2, 0.25) is 0 Å². The van der Waals surface area contributed by atoms with Crippen LogP contribution in [0.4, 0.5) is 0 Å². The highest BCUT2D eigenvalue weighted by Gasteiger charge is 2.21. The molecule has 1 amide bonds. The Morgan fingerprint density at radius 3 is 2.31 bits per heavy atom. The number of fused-ring (bicyclic) bond motifs is 1. The van der Waals surface area contributed by atoms with Crippen molar-refractivity contribution in [3.05, 3.63) is 101 Å². The zero-order chi connectivity index (χ0) is 17.8. The highest BCUT2D eigenvalue weighted by Crippen LogP contribution is 2.21. The molecule has 3 aromatic carbocycles. The average Bonchev–Trinajstić information content (AvgIpc) is 2.72. The first-order valence-electron chi connectivity index (χ1n) is 8.92. The summed E-state index contributed by atoms with van der Waals surface area (Å²) in [4.78, 5) is 14.7. The Labute approximate surface area is 153 Å². The number of hydrogen-bond acceptors (Lipinski definition) is 2. The van der Waals surface area contributed by atoms with E-state index >= 15 is 0 Å². The maximum Gasteiger partial charge on any atom is 0.254 e. The fraction of sp³-hybridized carbons (Fsp3) is 0.174. The van der Waals surface area contributed by atoms with Gasteiger partial charge in [-0.05, 0) is 47.4 Å². The fourth-order valence-corrected chi connectivity index (χ4v) is 3.29. The fourth-order valence-electron chi connectivity index (χ4n) is 3.29. The lowest BCUT2D eigenvalue weighted by molar-refractivity contribution is 0.0734. The summed E-state index contributed by atoms with van der Waals surface area (Å²) in [5.41, 5.74) is 4.42. The first-order valence-corrected chi connectivity index (χ1v) is 8.92. The van der Waals surface area contributed by atoms with Crippen LogP contribution in [0.25, 0.3) is 0 Å². The Kier molecular flexibility index (Phi) is 4.69. The third-order valence-corrected chi connectivity index (χ3v) is 4.77. The van der Waals surface area contributed by atoms with E-state index in [1.807, 2.05) is 65.6 Å². The van der Waals surface area contributed by atoms with E-state index in [1.165, 1.54) is 11.1 Å². The van der Waals surface area contributed by atoms with Gasteiger partial charge in [0, 0.05) is 18.7 Å². The Morgan fingerprint density at radius 2 is 1.54 bits per heavy atom. The van der Waals surface area contributed by atoms with Crippen molar-refractivity contribution < 1.29 is 9.53 Å². The first-order chi connectivity index (χ1) is 12.8. The van der Waals surface area contributed by atoms with Gasteiger partial charge < -0.3 is 9.64 Å². The van der Waals surface area contributed by atoms with E-state index in [2.05, 4.69) is 18.2 Å². The van der Waals surface area contributed by atoms with Crippen LogP contribution in [-0.4, -0.2) is 17.4 Å². The number of amides is 1. The highest BCUT2D eigenvalue weighted by molar-refractivity contribution is 5.94. The topological polar surface area (TPSA) is 29.5 Å². The van der Waals surface area contributed by atoms with Crippen molar-refractivity contribution in [3.8, 4) is 5.75 Å². The van der Waals surface area contributed by atoms with Gasteiger partial charge in [0.05, 0.1) is 0 Å². The standard InChI is InChI=1S/C23H21NO2/c25-23(24-15-14-19-8-4-5-9-21(19)16-24)20-10-12-22(13-11-20)26-17-18-6-2-1-3-7-18/h1-13H,14-17H2. The SMILES string of the molecule is O=C(c1ccc(OCc2ccccc2)cc1)N1CCc2ccccc2C1. The van der Waals surface area contributed by atoms with Crippen LogP contribution >= 0.6 is 0 Å². The van der Waals surface area contributed by atoms with Crippen LogP contribution in [0.2, 0.25) is 0 Å². The van der Waals surface area contributed by atoms with Crippen LogP contribution < -0.4 is 4.74 Å². The Morgan fingerprint density at radius 1 is 0.846 bits per heavy atom. The van der Waals surface area contributed by atoms with Gasteiger partial charge in [-0.2, -0.15) is 0 Å². The van der Waals surface area contributed by atoms with Gasteiger partial charge in [0.1, 0.15) is 12.4 Å². The van der Waals surface area contributed by atoms with Crippen molar-refractivity contribution in [2.45, 2.75) is 19.6 Å². The third-order valence-electron chi connectivity index (χ3n) is 4.77. The molecule has 0 saturated carbocycles. The van der Waals surface area contributed by atoms with Gasteiger partial charge in [-0.1, -0.05) is 54.6 Å². The molecule has 26 heavy (non-hydrogen) atoms. The van der Waals surface area contributed by atoms with Gasteiger partial charge in [0.25, 0.3) is 5.91 Å². The van der Waals surface area contributed by atoms with Gasteiger partial charge in [-0.25, -0.2) is 0 Å². The minimum atomic E-state index is 0.0779. The van der Waals surface area contributed by atoms with Crippen molar-refractivity contribution in [2.75, 3.05) is 6.54 Å². The van der Waals surface area contributed by atoms with Gasteiger partial charge >= 0.3 is 0 Å². The number of ether oxygens (including phenoxy) is 1. The number of carbonyl (C=O) groups excluding carboxylic acids is 1. The van der Waals surface area contributed by atoms with E-state index in [1.54, 1.807) is 0 Å². The van der Waals surface area contributed by atoms with Crippen LogP contribution in [0, 0.1) is 0 Å². The van der Waals surface area contributed by atoms with Crippen LogP contribution in [0.15, 0.2) is 78.9 Å². The number of nitrogens with zero attached hydrogens (tertiary/aromatic N) is 1. The molecular formula is C23H21NO2. The van der Waals surface area contributed by atoms with E-state index in [-0.39, 0.29) is 5.91 Å². The lowest BCUT2D eigenvalue weighted by Gasteiger charge is -2.29. The molecule has 130 valence electrons. The van der Waals surface area contributed by atoms with Gasteiger partial charge in [0.15, 0.2) is 0 Å². The van der Waals surface area contributed by atoms with Crippen LogP contribution in [0.1, 0.15) is 27.0 Å². The number of carbonyl (C=O) groups is 1. The quantitative estimate of drug-likeness (QED) is 0.700. The lowest BCUT2D eigenvalue weighted by atomic mass is 9.99. The average molecular weight is 343 g/mol. The molecule has 1 heterocycles. The van der Waals surface area contributed by atoms with Crippen molar-refractivity contribution in [2.24, 2.45) is 0 Å². The molecule has 3 aromatic rings. The minimum Gasteiger partial charge on any atom is -0.489 e. The molecule has 1 aliphatic heterocycles. The van der Waals surface area contributed by atoms with Crippen LogP contribution in [-0.2, 0) is 19.6 Å². The molecule has 0 aliphatic carbocycles. The molecule has 3 nitrogen and oxygen atoms in total. The normalized spacial score (nSPS) is 13.2. The Hall–Kier alpha value is -3.07. The monoisotopic (exact) mass is 343 g/mol. The van der Waals surface area contributed by atoms with Gasteiger partial charge in [-0.15, -0.1) is 0 Å². The zero-order valence-electron chi connectivity index (χ0n) is 14.6. The third kappa shape index (κ3) is 3.62. The molecule has 0 N–H and O–H groups in total. The molecule has 0 saturated heterocycles. The number of hydrogen-bond donors (Lipinski definition) is 0. The second kappa shape index (κ2) is 7.44. The van der Waals surface area contributed by atoms with Crippen molar-refractivity contribution in [1.82, 2.24) is 4.90 Å². The summed E-state index contributed by atoms with van der Waals surface area (Å²) in [6.45, 7) is 1.97. The Balaban J connectivity index is 1.40. The molecule has 0 bridgehead atoms. The molecular weight excluding hydrogens is 322 g/mol. The second-order valence-electron chi connectivity index (χ2n) is 6.54. The molecule has 0 radical (unpaired) electrons. The van der Waals surface area contributed by atoms with E-state index < -0.39 is 0 Å². The summed E-state index contributed by atoms with van der Waals surface area (Å²) in [6.07, 6.45) is 0.917. The maximum atomic E-state index is 12.8. The predicted octanol–water partition coefficient (Wildman–Crippen LogP) is 4.46. The number of rotatable bonds is 4. The molecule has 0 aromatic heterocycles. The molecule has 0 atom stereocenters.